The van der Waals surface area contributed by atoms with Gasteiger partial charge in [-0.05, 0) is 77.3 Å². The fourth-order valence-electron chi connectivity index (χ4n) is 7.25. The quantitative estimate of drug-likeness (QED) is 0.748. The van der Waals surface area contributed by atoms with Gasteiger partial charge in [0.1, 0.15) is 0 Å². The highest BCUT2D eigenvalue weighted by atomic mass is 15.2. The highest BCUT2D eigenvalue weighted by Gasteiger charge is 2.43. The van der Waals surface area contributed by atoms with E-state index in [9.17, 15) is 0 Å². The highest BCUT2D eigenvalue weighted by Crippen LogP contribution is 2.39. The first-order chi connectivity index (χ1) is 12.0. The molecule has 0 aromatic carbocycles. The van der Waals surface area contributed by atoms with E-state index in [2.05, 4.69) is 32.7 Å². The molecule has 2 unspecified atom stereocenters. The van der Waals surface area contributed by atoms with Crippen LogP contribution in [0.5, 0.6) is 0 Å². The lowest BCUT2D eigenvalue weighted by Crippen LogP contribution is -3.23. The zero-order chi connectivity index (χ0) is 17.6. The summed E-state index contributed by atoms with van der Waals surface area (Å²) in [6.07, 6.45) is 14.4. The van der Waals surface area contributed by atoms with Gasteiger partial charge in [0.25, 0.3) is 0 Å². The van der Waals surface area contributed by atoms with Gasteiger partial charge in [0.2, 0.25) is 0 Å². The summed E-state index contributed by atoms with van der Waals surface area (Å²) < 4.78 is 0. The molecule has 7 atom stereocenters. The Morgan fingerprint density at radius 1 is 1.00 bits per heavy atom. The number of likely N-dealkylation sites (N-methyl/N-ethyl adjacent to an activating group) is 1. The zero-order valence-corrected chi connectivity index (χ0v) is 17.2. The van der Waals surface area contributed by atoms with Crippen LogP contribution < -0.4 is 4.90 Å². The minimum Gasteiger partial charge on any atom is -0.328 e. The standard InChI is InChI=1S/C23H40N2/c1-16-11-18(3)25-20(13-16)7-5-8-21(25)15-19-12-17(2)14-23-22(19)9-6-10-24(23)4/h16-18,20-21,23H,5-15H2,1-4H3/p+1/t16-,17+,18?,20+,21+,23+/m1/s1. The maximum atomic E-state index is 2.66. The largest absolute Gasteiger partial charge is 0.328 e. The van der Waals surface area contributed by atoms with E-state index in [4.69, 9.17) is 0 Å². The Labute approximate surface area is 156 Å². The average Bonchev–Trinajstić information content (AvgIpc) is 2.55. The smallest absolute Gasteiger partial charge is 0.0916 e. The second-order valence-corrected chi connectivity index (χ2v) is 10.3. The molecule has 1 N–H and O–H groups in total. The molecule has 0 radical (unpaired) electrons. The van der Waals surface area contributed by atoms with E-state index in [-0.39, 0.29) is 0 Å². The summed E-state index contributed by atoms with van der Waals surface area (Å²) in [6.45, 7) is 8.86. The molecule has 2 heteroatoms. The lowest BCUT2D eigenvalue weighted by atomic mass is 9.74. The maximum absolute atomic E-state index is 2.66. The van der Waals surface area contributed by atoms with Crippen LogP contribution in [0.25, 0.3) is 0 Å². The number of quaternary nitrogens is 1. The monoisotopic (exact) mass is 345 g/mol. The predicted molar refractivity (Wildman–Crippen MR) is 106 cm³/mol. The van der Waals surface area contributed by atoms with Gasteiger partial charge in [0.05, 0.1) is 18.1 Å². The van der Waals surface area contributed by atoms with Gasteiger partial charge in [0, 0.05) is 25.3 Å². The Balaban J connectivity index is 1.55. The Bertz CT molecular complexity index is 510. The second-order valence-electron chi connectivity index (χ2n) is 10.3. The van der Waals surface area contributed by atoms with Crippen LogP contribution in [0.1, 0.15) is 85.0 Å². The Morgan fingerprint density at radius 2 is 1.84 bits per heavy atom. The van der Waals surface area contributed by atoms with Gasteiger partial charge in [-0.15, -0.1) is 0 Å². The Morgan fingerprint density at radius 3 is 2.68 bits per heavy atom. The van der Waals surface area contributed by atoms with Crippen molar-refractivity contribution in [3.8, 4) is 0 Å². The molecule has 3 aliphatic heterocycles. The second kappa shape index (κ2) is 7.35. The minimum atomic E-state index is 0.778. The summed E-state index contributed by atoms with van der Waals surface area (Å²) in [5.41, 5.74) is 3.78. The lowest BCUT2D eigenvalue weighted by molar-refractivity contribution is -0.982. The summed E-state index contributed by atoms with van der Waals surface area (Å²) in [5, 5.41) is 0. The molecule has 3 heterocycles. The topological polar surface area (TPSA) is 7.68 Å². The number of fused-ring (bicyclic) bond motifs is 2. The van der Waals surface area contributed by atoms with Crippen molar-refractivity contribution in [1.29, 1.82) is 0 Å². The van der Waals surface area contributed by atoms with Crippen molar-refractivity contribution in [1.82, 2.24) is 4.90 Å². The Hall–Kier alpha value is -0.340. The van der Waals surface area contributed by atoms with Crippen molar-refractivity contribution in [3.05, 3.63) is 11.1 Å². The number of likely N-dealkylation sites (tertiary alicyclic amines) is 1. The number of hydrogen-bond donors (Lipinski definition) is 1. The molecular weight excluding hydrogens is 304 g/mol. The average molecular weight is 346 g/mol. The molecule has 0 saturated carbocycles. The molecule has 142 valence electrons. The van der Waals surface area contributed by atoms with E-state index in [0.29, 0.717) is 0 Å². The van der Waals surface area contributed by atoms with E-state index >= 15 is 0 Å². The molecule has 3 fully saturated rings. The fourth-order valence-corrected chi connectivity index (χ4v) is 7.25. The van der Waals surface area contributed by atoms with Crippen molar-refractivity contribution in [2.24, 2.45) is 11.8 Å². The maximum Gasteiger partial charge on any atom is 0.0916 e. The van der Waals surface area contributed by atoms with E-state index in [0.717, 1.165) is 36.0 Å². The Kier molecular flexibility index (Phi) is 5.30. The molecule has 0 amide bonds. The number of nitrogens with one attached hydrogen (secondary N) is 1. The lowest BCUT2D eigenvalue weighted by Gasteiger charge is -2.48. The summed E-state index contributed by atoms with van der Waals surface area (Å²) in [5.74, 6) is 1.84. The van der Waals surface area contributed by atoms with Gasteiger partial charge >= 0.3 is 0 Å². The minimum absolute atomic E-state index is 0.778. The first kappa shape index (κ1) is 18.0. The normalized spacial score (nSPS) is 45.8. The molecule has 0 aromatic heterocycles. The molecule has 3 saturated heterocycles. The van der Waals surface area contributed by atoms with E-state index in [1.165, 1.54) is 70.8 Å². The van der Waals surface area contributed by atoms with E-state index in [1.807, 2.05) is 16.0 Å². The van der Waals surface area contributed by atoms with E-state index < -0.39 is 0 Å². The van der Waals surface area contributed by atoms with Crippen molar-refractivity contribution in [2.75, 3.05) is 13.6 Å². The van der Waals surface area contributed by atoms with Gasteiger partial charge in [-0.2, -0.15) is 0 Å². The highest BCUT2D eigenvalue weighted by molar-refractivity contribution is 5.26. The molecule has 1 aliphatic carbocycles. The SMILES string of the molecule is CC1C[C@@H](C)C[C@@H]2CCC[C@@H](CC3=C4CCCN(C)[C@H]4C[C@@H](C)C3)[NH+]12. The first-order valence-electron chi connectivity index (χ1n) is 11.3. The molecule has 0 aromatic rings. The van der Waals surface area contributed by atoms with Gasteiger partial charge < -0.3 is 4.90 Å². The van der Waals surface area contributed by atoms with Crippen LogP contribution in [0.3, 0.4) is 0 Å². The van der Waals surface area contributed by atoms with Crippen LogP contribution in [0.2, 0.25) is 0 Å². The number of nitrogens with zero attached hydrogens (tertiary/aromatic N) is 1. The van der Waals surface area contributed by atoms with Crippen molar-refractivity contribution < 1.29 is 4.90 Å². The van der Waals surface area contributed by atoms with Gasteiger partial charge in [-0.25, -0.2) is 0 Å². The van der Waals surface area contributed by atoms with Gasteiger partial charge in [0.15, 0.2) is 0 Å². The van der Waals surface area contributed by atoms with Crippen molar-refractivity contribution in [2.45, 2.75) is 109 Å². The molecule has 2 nitrogen and oxygen atoms in total. The third kappa shape index (κ3) is 3.58. The third-order valence-corrected chi connectivity index (χ3v) is 8.12. The summed E-state index contributed by atoms with van der Waals surface area (Å²) >= 11 is 0. The van der Waals surface area contributed by atoms with Crippen molar-refractivity contribution >= 4 is 0 Å². The molecule has 4 aliphatic rings. The van der Waals surface area contributed by atoms with Crippen LogP contribution in [0, 0.1) is 11.8 Å². The zero-order valence-electron chi connectivity index (χ0n) is 17.2. The fraction of sp³-hybridized carbons (Fsp3) is 0.913. The van der Waals surface area contributed by atoms with Crippen molar-refractivity contribution in [3.63, 3.8) is 0 Å². The number of hydrogen-bond acceptors (Lipinski definition) is 1. The molecule has 0 spiro atoms. The summed E-state index contributed by atoms with van der Waals surface area (Å²) in [7, 11) is 2.37. The van der Waals surface area contributed by atoms with Crippen LogP contribution >= 0.6 is 0 Å². The van der Waals surface area contributed by atoms with Gasteiger partial charge in [-0.1, -0.05) is 25.0 Å². The van der Waals surface area contributed by atoms with Crippen LogP contribution in [0.4, 0.5) is 0 Å². The predicted octanol–water partition coefficient (Wildman–Crippen LogP) is 3.82. The molecule has 4 rings (SSSR count). The van der Waals surface area contributed by atoms with Crippen LogP contribution in [-0.4, -0.2) is 42.7 Å². The van der Waals surface area contributed by atoms with Crippen LogP contribution in [0.15, 0.2) is 11.1 Å². The van der Waals surface area contributed by atoms with Gasteiger partial charge in [-0.3, -0.25) is 4.90 Å². The molecular formula is C23H41N2+. The summed E-state index contributed by atoms with van der Waals surface area (Å²) in [6, 6.07) is 3.55. The van der Waals surface area contributed by atoms with E-state index in [1.54, 1.807) is 0 Å². The first-order valence-corrected chi connectivity index (χ1v) is 11.3. The van der Waals surface area contributed by atoms with Crippen LogP contribution in [-0.2, 0) is 0 Å². The molecule has 0 bridgehead atoms. The summed E-state index contributed by atoms with van der Waals surface area (Å²) in [4.78, 5) is 4.67. The third-order valence-electron chi connectivity index (χ3n) is 8.12. The molecule has 25 heavy (non-hydrogen) atoms. The number of rotatable bonds is 2. The number of piperidine rings is 3.